The van der Waals surface area contributed by atoms with Crippen molar-refractivity contribution in [1.29, 1.82) is 0 Å². The zero-order chi connectivity index (χ0) is 15.7. The van der Waals surface area contributed by atoms with E-state index in [1.807, 2.05) is 13.0 Å². The van der Waals surface area contributed by atoms with Crippen LogP contribution in [0, 0.1) is 0 Å². The quantitative estimate of drug-likeness (QED) is 0.766. The first-order valence-electron chi connectivity index (χ1n) is 7.04. The van der Waals surface area contributed by atoms with Crippen molar-refractivity contribution >= 4 is 17.7 Å². The number of carboxylic acids is 1. The Kier molecular flexibility index (Phi) is 7.25. The van der Waals surface area contributed by atoms with Crippen LogP contribution in [0.5, 0.6) is 0 Å². The van der Waals surface area contributed by atoms with E-state index in [4.69, 9.17) is 10.2 Å². The molecule has 0 aliphatic heterocycles. The number of urea groups is 1. The van der Waals surface area contributed by atoms with Gasteiger partial charge in [-0.1, -0.05) is 18.2 Å². The number of hydrogen-bond acceptors (Lipinski definition) is 3. The molecule has 0 atom stereocenters. The zero-order valence-electron chi connectivity index (χ0n) is 12.2. The summed E-state index contributed by atoms with van der Waals surface area (Å²) in [5, 5.41) is 17.7. The molecule has 0 aliphatic carbocycles. The highest BCUT2D eigenvalue weighted by Crippen LogP contribution is 2.16. The number of aliphatic hydroxyl groups is 1. The summed E-state index contributed by atoms with van der Waals surface area (Å²) in [5.41, 5.74) is 0.672. The molecule has 21 heavy (non-hydrogen) atoms. The molecule has 1 aromatic carbocycles. The van der Waals surface area contributed by atoms with Crippen LogP contribution in [0.4, 0.5) is 10.5 Å². The third-order valence-corrected chi connectivity index (χ3v) is 3.09. The van der Waals surface area contributed by atoms with Gasteiger partial charge in [0.25, 0.3) is 0 Å². The van der Waals surface area contributed by atoms with Gasteiger partial charge in [-0.05, 0) is 25.5 Å². The topological polar surface area (TPSA) is 81.1 Å². The normalized spacial score (nSPS) is 10.2. The number of carboxylic acid groups (broad SMARTS) is 1. The van der Waals surface area contributed by atoms with Gasteiger partial charge in [0.15, 0.2) is 0 Å². The van der Waals surface area contributed by atoms with Gasteiger partial charge in [0.2, 0.25) is 0 Å². The molecule has 0 bridgehead atoms. The molecule has 0 aromatic heterocycles. The van der Waals surface area contributed by atoms with Gasteiger partial charge < -0.3 is 15.1 Å². The fourth-order valence-corrected chi connectivity index (χ4v) is 1.97. The van der Waals surface area contributed by atoms with E-state index in [9.17, 15) is 9.59 Å². The van der Waals surface area contributed by atoms with Gasteiger partial charge in [-0.3, -0.25) is 9.69 Å². The van der Waals surface area contributed by atoms with Crippen LogP contribution in [0.3, 0.4) is 0 Å². The minimum absolute atomic E-state index is 0.0181. The van der Waals surface area contributed by atoms with E-state index in [2.05, 4.69) is 0 Å². The molecular formula is C15H22N2O4. The summed E-state index contributed by atoms with van der Waals surface area (Å²) in [4.78, 5) is 26.4. The fraction of sp³-hybridized carbons (Fsp3) is 0.467. The Labute approximate surface area is 124 Å². The van der Waals surface area contributed by atoms with Crippen LogP contribution in [0.1, 0.15) is 19.8 Å². The molecule has 0 radical (unpaired) electrons. The number of anilines is 1. The van der Waals surface area contributed by atoms with Crippen molar-refractivity contribution in [3.8, 4) is 0 Å². The first-order chi connectivity index (χ1) is 10.1. The van der Waals surface area contributed by atoms with E-state index < -0.39 is 5.97 Å². The first kappa shape index (κ1) is 17.0. The number of carbonyl (C=O) groups is 2. The summed E-state index contributed by atoms with van der Waals surface area (Å²) in [6, 6.07) is 8.77. The molecule has 0 saturated carbocycles. The molecule has 2 amide bonds. The third-order valence-electron chi connectivity index (χ3n) is 3.09. The Morgan fingerprint density at radius 1 is 1.14 bits per heavy atom. The van der Waals surface area contributed by atoms with E-state index in [0.717, 1.165) is 0 Å². The standard InChI is InChI=1S/C15H22N2O4/c1-2-16(10-6-12-18)15(21)17(11-9-14(19)20)13-7-4-3-5-8-13/h3-5,7-8,18H,2,6,9-12H2,1H3,(H,19,20). The van der Waals surface area contributed by atoms with E-state index in [0.29, 0.717) is 25.2 Å². The predicted octanol–water partition coefficient (Wildman–Crippen LogP) is 1.79. The molecule has 6 nitrogen and oxygen atoms in total. The molecule has 116 valence electrons. The largest absolute Gasteiger partial charge is 0.481 e. The van der Waals surface area contributed by atoms with Gasteiger partial charge in [-0.25, -0.2) is 4.79 Å². The second-order valence-electron chi connectivity index (χ2n) is 4.57. The molecule has 0 heterocycles. The second kappa shape index (κ2) is 8.97. The SMILES string of the molecule is CCN(CCCO)C(=O)N(CCC(=O)O)c1ccccc1. The third kappa shape index (κ3) is 5.43. The lowest BCUT2D eigenvalue weighted by Gasteiger charge is -2.29. The van der Waals surface area contributed by atoms with Crippen LogP contribution in [0.2, 0.25) is 0 Å². The average Bonchev–Trinajstić information content (AvgIpc) is 2.49. The lowest BCUT2D eigenvalue weighted by Crippen LogP contribution is -2.44. The molecule has 0 spiro atoms. The summed E-state index contributed by atoms with van der Waals surface area (Å²) < 4.78 is 0. The highest BCUT2D eigenvalue weighted by atomic mass is 16.4. The van der Waals surface area contributed by atoms with Crippen molar-refractivity contribution < 1.29 is 19.8 Å². The number of rotatable bonds is 8. The van der Waals surface area contributed by atoms with Gasteiger partial charge in [-0.2, -0.15) is 0 Å². The number of aliphatic hydroxyl groups excluding tert-OH is 1. The Balaban J connectivity index is 2.88. The van der Waals surface area contributed by atoms with Gasteiger partial charge in [-0.15, -0.1) is 0 Å². The maximum absolute atomic E-state index is 12.6. The Hall–Kier alpha value is -2.08. The van der Waals surface area contributed by atoms with Crippen LogP contribution >= 0.6 is 0 Å². The van der Waals surface area contributed by atoms with Crippen molar-refractivity contribution in [2.45, 2.75) is 19.8 Å². The summed E-state index contributed by atoms with van der Waals surface area (Å²) in [6.07, 6.45) is 0.388. The van der Waals surface area contributed by atoms with Gasteiger partial charge >= 0.3 is 12.0 Å². The lowest BCUT2D eigenvalue weighted by atomic mass is 10.2. The van der Waals surface area contributed by atoms with E-state index >= 15 is 0 Å². The molecule has 2 N–H and O–H groups in total. The van der Waals surface area contributed by atoms with Crippen molar-refractivity contribution in [2.75, 3.05) is 31.1 Å². The Morgan fingerprint density at radius 3 is 2.33 bits per heavy atom. The van der Waals surface area contributed by atoms with E-state index in [1.165, 1.54) is 4.90 Å². The van der Waals surface area contributed by atoms with Gasteiger partial charge in [0.05, 0.1) is 6.42 Å². The second-order valence-corrected chi connectivity index (χ2v) is 4.57. The molecule has 0 unspecified atom stereocenters. The maximum atomic E-state index is 12.6. The van der Waals surface area contributed by atoms with Crippen molar-refractivity contribution in [2.24, 2.45) is 0 Å². The monoisotopic (exact) mass is 294 g/mol. The minimum Gasteiger partial charge on any atom is -0.481 e. The molecular weight excluding hydrogens is 272 g/mol. The molecule has 1 aromatic rings. The van der Waals surface area contributed by atoms with E-state index in [1.54, 1.807) is 29.2 Å². The van der Waals surface area contributed by atoms with Gasteiger partial charge in [0.1, 0.15) is 0 Å². The Morgan fingerprint density at radius 2 is 1.81 bits per heavy atom. The van der Waals surface area contributed by atoms with Crippen molar-refractivity contribution in [3.05, 3.63) is 30.3 Å². The summed E-state index contributed by atoms with van der Waals surface area (Å²) in [7, 11) is 0. The zero-order valence-corrected chi connectivity index (χ0v) is 12.2. The van der Waals surface area contributed by atoms with E-state index in [-0.39, 0.29) is 25.6 Å². The van der Waals surface area contributed by atoms with Crippen LogP contribution in [-0.2, 0) is 4.79 Å². The molecule has 0 aliphatic rings. The van der Waals surface area contributed by atoms with Gasteiger partial charge in [0, 0.05) is 31.9 Å². The van der Waals surface area contributed by atoms with Crippen LogP contribution < -0.4 is 4.90 Å². The van der Waals surface area contributed by atoms with Crippen LogP contribution in [0.25, 0.3) is 0 Å². The summed E-state index contributed by atoms with van der Waals surface area (Å²) in [6.45, 7) is 2.95. The smallest absolute Gasteiger partial charge is 0.324 e. The highest BCUT2D eigenvalue weighted by Gasteiger charge is 2.21. The lowest BCUT2D eigenvalue weighted by molar-refractivity contribution is -0.136. The number of para-hydroxylation sites is 1. The average molecular weight is 294 g/mol. The number of benzene rings is 1. The minimum atomic E-state index is -0.942. The first-order valence-corrected chi connectivity index (χ1v) is 7.04. The predicted molar refractivity (Wildman–Crippen MR) is 80.4 cm³/mol. The molecule has 0 fully saturated rings. The van der Waals surface area contributed by atoms with Crippen molar-refractivity contribution in [1.82, 2.24) is 4.90 Å². The fourth-order valence-electron chi connectivity index (χ4n) is 1.97. The number of carbonyl (C=O) groups excluding carboxylic acids is 1. The molecule has 0 saturated heterocycles. The van der Waals surface area contributed by atoms with Crippen molar-refractivity contribution in [3.63, 3.8) is 0 Å². The number of aliphatic carboxylic acids is 1. The molecule has 1 rings (SSSR count). The maximum Gasteiger partial charge on any atom is 0.324 e. The number of amides is 2. The highest BCUT2D eigenvalue weighted by molar-refractivity contribution is 5.92. The Bertz CT molecular complexity index is 450. The summed E-state index contributed by atoms with van der Waals surface area (Å²) in [5.74, 6) is -0.942. The number of hydrogen-bond donors (Lipinski definition) is 2. The van der Waals surface area contributed by atoms with Crippen LogP contribution in [0.15, 0.2) is 30.3 Å². The molecule has 6 heteroatoms. The summed E-state index contributed by atoms with van der Waals surface area (Å²) >= 11 is 0. The number of nitrogens with zero attached hydrogens (tertiary/aromatic N) is 2. The van der Waals surface area contributed by atoms with Crippen LogP contribution in [-0.4, -0.2) is 53.4 Å².